The lowest BCUT2D eigenvalue weighted by Gasteiger charge is -2.14. The van der Waals surface area contributed by atoms with Crippen molar-refractivity contribution < 1.29 is 23.9 Å². The second-order valence-electron chi connectivity index (χ2n) is 12.2. The third-order valence-electron chi connectivity index (χ3n) is 7.28. The van der Waals surface area contributed by atoms with Crippen LogP contribution >= 0.6 is 0 Å². The lowest BCUT2D eigenvalue weighted by molar-refractivity contribution is -0.127. The average Bonchev–Trinajstić information content (AvgIpc) is 3.46. The highest BCUT2D eigenvalue weighted by atomic mass is 16.5. The zero-order chi connectivity index (χ0) is 33.6. The predicted octanol–water partition coefficient (Wildman–Crippen LogP) is 6.34. The van der Waals surface area contributed by atoms with Crippen LogP contribution in [0, 0.1) is 6.92 Å². The first-order chi connectivity index (χ1) is 22.5. The standard InChI is InChI=1S/C36H38N6O5/c1-23-10-12-25(13-11-23)42-33(20-32(41-42)36(2,3)4)40-35(45)39-30-14-15-31(29-9-7-6-8-28(29)30)47-27-16-17-37-24(19-27)18-26(43)21-38-34(44)22-46-5/h6-17,19-20H,18,21-22H2,1-5H3,(H,38,44)(H2,39,40,45). The Bertz CT molecular complexity index is 1910. The molecule has 5 aromatic rings. The van der Waals surface area contributed by atoms with Crippen molar-refractivity contribution in [3.05, 3.63) is 102 Å². The molecule has 2 heterocycles. The lowest BCUT2D eigenvalue weighted by atomic mass is 9.92. The molecular weight excluding hydrogens is 596 g/mol. The van der Waals surface area contributed by atoms with Crippen molar-refractivity contribution in [1.29, 1.82) is 0 Å². The third-order valence-corrected chi connectivity index (χ3v) is 7.28. The van der Waals surface area contributed by atoms with Crippen LogP contribution in [0.15, 0.2) is 85.1 Å². The minimum Gasteiger partial charge on any atom is -0.457 e. The van der Waals surface area contributed by atoms with Gasteiger partial charge in [0.15, 0.2) is 5.78 Å². The summed E-state index contributed by atoms with van der Waals surface area (Å²) < 4.78 is 12.7. The quantitative estimate of drug-likeness (QED) is 0.154. The van der Waals surface area contributed by atoms with Crippen molar-refractivity contribution in [2.45, 2.75) is 39.5 Å². The van der Waals surface area contributed by atoms with Crippen molar-refractivity contribution in [3.8, 4) is 17.2 Å². The van der Waals surface area contributed by atoms with Gasteiger partial charge >= 0.3 is 6.03 Å². The maximum absolute atomic E-state index is 13.4. The van der Waals surface area contributed by atoms with E-state index < -0.39 is 6.03 Å². The highest BCUT2D eigenvalue weighted by molar-refractivity contribution is 6.07. The number of fused-ring (bicyclic) bond motifs is 1. The molecule has 3 amide bonds. The smallest absolute Gasteiger partial charge is 0.324 e. The third kappa shape index (κ3) is 8.39. The van der Waals surface area contributed by atoms with Gasteiger partial charge < -0.3 is 20.1 Å². The molecule has 0 atom stereocenters. The number of rotatable bonds is 11. The summed E-state index contributed by atoms with van der Waals surface area (Å²) in [7, 11) is 1.41. The Balaban J connectivity index is 1.32. The van der Waals surface area contributed by atoms with E-state index in [0.717, 1.165) is 27.7 Å². The molecule has 0 aliphatic heterocycles. The molecule has 0 radical (unpaired) electrons. The normalized spacial score (nSPS) is 11.3. The molecular formula is C36H38N6O5. The largest absolute Gasteiger partial charge is 0.457 e. The molecule has 0 fully saturated rings. The summed E-state index contributed by atoms with van der Waals surface area (Å²) in [6.45, 7) is 8.02. The summed E-state index contributed by atoms with van der Waals surface area (Å²) in [6.07, 6.45) is 1.60. The Morgan fingerprint density at radius 2 is 1.64 bits per heavy atom. The Morgan fingerprint density at radius 1 is 0.894 bits per heavy atom. The number of aryl methyl sites for hydroxylation is 1. The zero-order valence-corrected chi connectivity index (χ0v) is 27.1. The second kappa shape index (κ2) is 14.3. The van der Waals surface area contributed by atoms with Crippen LogP contribution in [0.2, 0.25) is 0 Å². The summed E-state index contributed by atoms with van der Waals surface area (Å²) in [5.41, 5.74) is 3.70. The number of aromatic nitrogens is 3. The van der Waals surface area contributed by atoms with Crippen LogP contribution in [0.1, 0.15) is 37.7 Å². The lowest BCUT2D eigenvalue weighted by Crippen LogP contribution is -2.32. The van der Waals surface area contributed by atoms with Gasteiger partial charge in [0.25, 0.3) is 0 Å². The Hall–Kier alpha value is -5.55. The van der Waals surface area contributed by atoms with E-state index in [-0.39, 0.29) is 36.7 Å². The molecule has 3 N–H and O–H groups in total. The van der Waals surface area contributed by atoms with Crippen LogP contribution in [0.3, 0.4) is 0 Å². The van der Waals surface area contributed by atoms with Gasteiger partial charge in [-0.05, 0) is 37.3 Å². The Morgan fingerprint density at radius 3 is 2.36 bits per heavy atom. The molecule has 47 heavy (non-hydrogen) atoms. The zero-order valence-electron chi connectivity index (χ0n) is 27.1. The fourth-order valence-electron chi connectivity index (χ4n) is 4.85. The number of ketones is 1. The number of anilines is 2. The van der Waals surface area contributed by atoms with Gasteiger partial charge in [0.1, 0.15) is 23.9 Å². The van der Waals surface area contributed by atoms with Crippen molar-refractivity contribution in [3.63, 3.8) is 0 Å². The number of hydrogen-bond donors (Lipinski definition) is 3. The van der Waals surface area contributed by atoms with Crippen molar-refractivity contribution in [2.24, 2.45) is 0 Å². The van der Waals surface area contributed by atoms with Gasteiger partial charge in [0.2, 0.25) is 5.91 Å². The first-order valence-corrected chi connectivity index (χ1v) is 15.2. The first-order valence-electron chi connectivity index (χ1n) is 15.2. The highest BCUT2D eigenvalue weighted by Crippen LogP contribution is 2.35. The summed E-state index contributed by atoms with van der Waals surface area (Å²) in [4.78, 5) is 41.6. The molecule has 0 unspecified atom stereocenters. The maximum Gasteiger partial charge on any atom is 0.324 e. The monoisotopic (exact) mass is 634 g/mol. The number of benzene rings is 3. The van der Waals surface area contributed by atoms with Crippen molar-refractivity contribution in [1.82, 2.24) is 20.1 Å². The number of methoxy groups -OCH3 is 1. The van der Waals surface area contributed by atoms with Gasteiger partial charge in [-0.3, -0.25) is 19.9 Å². The van der Waals surface area contributed by atoms with Gasteiger partial charge in [-0.1, -0.05) is 62.7 Å². The molecule has 0 bridgehead atoms. The van der Waals surface area contributed by atoms with Crippen molar-refractivity contribution in [2.75, 3.05) is 30.9 Å². The van der Waals surface area contributed by atoms with E-state index >= 15 is 0 Å². The van der Waals surface area contributed by atoms with E-state index in [0.29, 0.717) is 28.7 Å². The van der Waals surface area contributed by atoms with E-state index in [1.807, 2.05) is 61.5 Å². The number of ether oxygens (including phenoxy) is 2. The molecule has 3 aromatic carbocycles. The minimum absolute atomic E-state index is 0.0310. The predicted molar refractivity (Wildman–Crippen MR) is 181 cm³/mol. The number of pyridine rings is 1. The van der Waals surface area contributed by atoms with Crippen LogP contribution < -0.4 is 20.7 Å². The average molecular weight is 635 g/mol. The van der Waals surface area contributed by atoms with Gasteiger partial charge in [-0.25, -0.2) is 9.48 Å². The fraction of sp³-hybridized carbons (Fsp3) is 0.250. The van der Waals surface area contributed by atoms with E-state index in [4.69, 9.17) is 14.6 Å². The van der Waals surface area contributed by atoms with Gasteiger partial charge in [-0.2, -0.15) is 5.10 Å². The first kappa shape index (κ1) is 32.8. The minimum atomic E-state index is -0.417. The van der Waals surface area contributed by atoms with Crippen LogP contribution in [0.25, 0.3) is 16.5 Å². The summed E-state index contributed by atoms with van der Waals surface area (Å²) >= 11 is 0. The molecule has 0 saturated carbocycles. The highest BCUT2D eigenvalue weighted by Gasteiger charge is 2.22. The van der Waals surface area contributed by atoms with Gasteiger partial charge in [-0.15, -0.1) is 0 Å². The SMILES string of the molecule is COCC(=O)NCC(=O)Cc1cc(Oc2ccc(NC(=O)Nc3cc(C(C)(C)C)nn3-c3ccc(C)cc3)c3ccccc23)ccn1. The molecule has 0 aliphatic carbocycles. The fourth-order valence-corrected chi connectivity index (χ4v) is 4.85. The topological polar surface area (TPSA) is 136 Å². The Labute approximate surface area is 273 Å². The van der Waals surface area contributed by atoms with E-state index in [9.17, 15) is 14.4 Å². The Kier molecular flexibility index (Phi) is 9.96. The molecule has 0 saturated heterocycles. The van der Waals surface area contributed by atoms with Crippen LogP contribution in [-0.2, 0) is 26.2 Å². The molecule has 242 valence electrons. The molecule has 11 nitrogen and oxygen atoms in total. The second-order valence-corrected chi connectivity index (χ2v) is 12.2. The van der Waals surface area contributed by atoms with Crippen LogP contribution in [0.5, 0.6) is 11.5 Å². The van der Waals surface area contributed by atoms with Gasteiger partial charge in [0.05, 0.1) is 35.7 Å². The maximum atomic E-state index is 13.4. The van der Waals surface area contributed by atoms with Crippen molar-refractivity contribution >= 4 is 40.0 Å². The van der Waals surface area contributed by atoms with E-state index in [2.05, 4.69) is 41.7 Å². The number of nitrogens with one attached hydrogen (secondary N) is 3. The summed E-state index contributed by atoms with van der Waals surface area (Å²) in [5.74, 6) is 1.04. The molecule has 11 heteroatoms. The van der Waals surface area contributed by atoms with Crippen LogP contribution in [0.4, 0.5) is 16.3 Å². The number of nitrogens with zero attached hydrogens (tertiary/aromatic N) is 3. The molecule has 0 aliphatic rings. The van der Waals surface area contributed by atoms with E-state index in [1.54, 1.807) is 35.1 Å². The number of Topliss-reactive ketones (excluding diaryl/α,β-unsaturated/α-hetero) is 1. The number of hydrogen-bond acceptors (Lipinski definition) is 7. The molecule has 2 aromatic heterocycles. The summed E-state index contributed by atoms with van der Waals surface area (Å²) in [5, 5.41) is 14.8. The number of urea groups is 1. The summed E-state index contributed by atoms with van der Waals surface area (Å²) in [6, 6.07) is 24.0. The van der Waals surface area contributed by atoms with E-state index in [1.165, 1.54) is 7.11 Å². The molecule has 5 rings (SSSR count). The molecule has 0 spiro atoms. The van der Waals surface area contributed by atoms with Crippen LogP contribution in [-0.4, -0.2) is 52.7 Å². The van der Waals surface area contributed by atoms with Gasteiger partial charge in [0, 0.05) is 41.6 Å². The number of carbonyl (C=O) groups is 3. The number of amides is 3. The number of carbonyl (C=O) groups excluding carboxylic acids is 3.